The second-order valence-corrected chi connectivity index (χ2v) is 7.33. The van der Waals surface area contributed by atoms with Gasteiger partial charge in [0.05, 0.1) is 5.25 Å². The maximum Gasteiger partial charge on any atom is 0.235 e. The van der Waals surface area contributed by atoms with Gasteiger partial charge in [0.2, 0.25) is 5.91 Å². The molecule has 2 aromatic rings. The van der Waals surface area contributed by atoms with Crippen molar-refractivity contribution in [1.29, 1.82) is 0 Å². The van der Waals surface area contributed by atoms with E-state index in [9.17, 15) is 4.79 Å². The lowest BCUT2D eigenvalue weighted by molar-refractivity contribution is -0.128. The van der Waals surface area contributed by atoms with Crippen LogP contribution in [-0.4, -0.2) is 44.9 Å². The Kier molecular flexibility index (Phi) is 5.46. The number of rotatable bonds is 5. The first-order valence-corrected chi connectivity index (χ1v) is 8.56. The predicted octanol–water partition coefficient (Wildman–Crippen LogP) is 3.09. The molecule has 1 amide bonds. The number of aryl methyl sites for hydroxylation is 2. The summed E-state index contributed by atoms with van der Waals surface area (Å²) in [4.78, 5) is 14.1. The second-order valence-electron chi connectivity index (χ2n) is 6.22. The molecule has 0 bridgehead atoms. The van der Waals surface area contributed by atoms with Crippen LogP contribution in [0.1, 0.15) is 25.2 Å². The molecular formula is C17H24N4OS. The third-order valence-electron chi connectivity index (χ3n) is 3.58. The van der Waals surface area contributed by atoms with Gasteiger partial charge < -0.3 is 4.90 Å². The summed E-state index contributed by atoms with van der Waals surface area (Å²) in [6.07, 6.45) is 0. The molecule has 1 aromatic heterocycles. The van der Waals surface area contributed by atoms with E-state index in [1.807, 2.05) is 23.6 Å². The molecule has 0 aliphatic heterocycles. The molecule has 23 heavy (non-hydrogen) atoms. The SMILES string of the molecule is Cc1cccc(-n2c(C)nnc2SC(C(=O)N(C)C)C(C)C)c1. The molecule has 1 unspecified atom stereocenters. The average molecular weight is 332 g/mol. The van der Waals surface area contributed by atoms with Crippen molar-refractivity contribution < 1.29 is 4.79 Å². The van der Waals surface area contributed by atoms with Gasteiger partial charge in [0.1, 0.15) is 5.82 Å². The molecule has 5 nitrogen and oxygen atoms in total. The van der Waals surface area contributed by atoms with Crippen LogP contribution in [0, 0.1) is 19.8 Å². The van der Waals surface area contributed by atoms with Gasteiger partial charge in [0.25, 0.3) is 0 Å². The van der Waals surface area contributed by atoms with Crippen molar-refractivity contribution in [1.82, 2.24) is 19.7 Å². The number of amides is 1. The molecule has 0 saturated carbocycles. The van der Waals surface area contributed by atoms with Crippen molar-refractivity contribution in [2.24, 2.45) is 5.92 Å². The zero-order valence-electron chi connectivity index (χ0n) is 14.6. The van der Waals surface area contributed by atoms with E-state index in [0.29, 0.717) is 0 Å². The monoisotopic (exact) mass is 332 g/mol. The van der Waals surface area contributed by atoms with Crippen LogP contribution < -0.4 is 0 Å². The normalized spacial score (nSPS) is 12.5. The Morgan fingerprint density at radius 3 is 2.48 bits per heavy atom. The molecule has 2 rings (SSSR count). The molecule has 0 N–H and O–H groups in total. The summed E-state index contributed by atoms with van der Waals surface area (Å²) in [5.41, 5.74) is 2.20. The zero-order valence-corrected chi connectivity index (χ0v) is 15.4. The number of hydrogen-bond donors (Lipinski definition) is 0. The molecule has 124 valence electrons. The van der Waals surface area contributed by atoms with Gasteiger partial charge in [-0.25, -0.2) is 0 Å². The molecule has 1 atom stereocenters. The molecule has 0 radical (unpaired) electrons. The number of carbonyl (C=O) groups is 1. The summed E-state index contributed by atoms with van der Waals surface area (Å²) in [6.45, 7) is 8.10. The van der Waals surface area contributed by atoms with E-state index in [-0.39, 0.29) is 17.1 Å². The van der Waals surface area contributed by atoms with Crippen LogP contribution in [0.3, 0.4) is 0 Å². The van der Waals surface area contributed by atoms with Crippen LogP contribution in [0.2, 0.25) is 0 Å². The molecule has 0 aliphatic rings. The van der Waals surface area contributed by atoms with E-state index in [4.69, 9.17) is 0 Å². The minimum Gasteiger partial charge on any atom is -0.348 e. The first-order chi connectivity index (χ1) is 10.8. The largest absolute Gasteiger partial charge is 0.348 e. The molecule has 0 saturated heterocycles. The maximum atomic E-state index is 12.4. The summed E-state index contributed by atoms with van der Waals surface area (Å²) >= 11 is 1.48. The highest BCUT2D eigenvalue weighted by Crippen LogP contribution is 2.30. The van der Waals surface area contributed by atoms with Crippen molar-refractivity contribution in [3.63, 3.8) is 0 Å². The molecule has 0 spiro atoms. The second kappa shape index (κ2) is 7.17. The van der Waals surface area contributed by atoms with Gasteiger partial charge in [-0.2, -0.15) is 0 Å². The minimum absolute atomic E-state index is 0.0986. The van der Waals surface area contributed by atoms with Crippen LogP contribution in [0.25, 0.3) is 5.69 Å². The number of hydrogen-bond acceptors (Lipinski definition) is 4. The summed E-state index contributed by atoms with van der Waals surface area (Å²) in [7, 11) is 3.57. The van der Waals surface area contributed by atoms with Gasteiger partial charge in [-0.1, -0.05) is 37.7 Å². The Balaban J connectivity index is 2.39. The fourth-order valence-electron chi connectivity index (χ4n) is 2.32. The van der Waals surface area contributed by atoms with Crippen molar-refractivity contribution in [2.75, 3.05) is 14.1 Å². The number of carbonyl (C=O) groups excluding carboxylic acids is 1. The molecule has 0 fully saturated rings. The number of aromatic nitrogens is 3. The highest BCUT2D eigenvalue weighted by Gasteiger charge is 2.27. The van der Waals surface area contributed by atoms with Crippen LogP contribution in [0.4, 0.5) is 0 Å². The van der Waals surface area contributed by atoms with Crippen molar-refractivity contribution in [2.45, 2.75) is 38.1 Å². The maximum absolute atomic E-state index is 12.4. The quantitative estimate of drug-likeness (QED) is 0.790. The summed E-state index contributed by atoms with van der Waals surface area (Å²) in [5, 5.41) is 9.07. The lowest BCUT2D eigenvalue weighted by atomic mass is 10.1. The van der Waals surface area contributed by atoms with Crippen molar-refractivity contribution in [3.05, 3.63) is 35.7 Å². The smallest absolute Gasteiger partial charge is 0.235 e. The first kappa shape index (κ1) is 17.5. The van der Waals surface area contributed by atoms with E-state index >= 15 is 0 Å². The third-order valence-corrected chi connectivity index (χ3v) is 5.05. The highest BCUT2D eigenvalue weighted by atomic mass is 32.2. The van der Waals surface area contributed by atoms with Crippen molar-refractivity contribution >= 4 is 17.7 Å². The number of thioether (sulfide) groups is 1. The van der Waals surface area contributed by atoms with Crippen LogP contribution in [0.5, 0.6) is 0 Å². The Hall–Kier alpha value is -1.82. The van der Waals surface area contributed by atoms with Crippen LogP contribution in [-0.2, 0) is 4.79 Å². The Morgan fingerprint density at radius 2 is 1.91 bits per heavy atom. The molecule has 1 aromatic carbocycles. The third kappa shape index (κ3) is 3.93. The Labute approximate surface area is 142 Å². The average Bonchev–Trinajstić information content (AvgIpc) is 2.84. The van der Waals surface area contributed by atoms with Crippen LogP contribution in [0.15, 0.2) is 29.4 Å². The lowest BCUT2D eigenvalue weighted by Crippen LogP contribution is -2.35. The molecule has 1 heterocycles. The Morgan fingerprint density at radius 1 is 1.22 bits per heavy atom. The van der Waals surface area contributed by atoms with E-state index in [1.165, 1.54) is 17.3 Å². The van der Waals surface area contributed by atoms with Crippen LogP contribution >= 0.6 is 11.8 Å². The van der Waals surface area contributed by atoms with Gasteiger partial charge in [-0.3, -0.25) is 9.36 Å². The Bertz CT molecular complexity index is 694. The lowest BCUT2D eigenvalue weighted by Gasteiger charge is -2.23. The minimum atomic E-state index is -0.183. The highest BCUT2D eigenvalue weighted by molar-refractivity contribution is 8.00. The predicted molar refractivity (Wildman–Crippen MR) is 94.0 cm³/mol. The first-order valence-electron chi connectivity index (χ1n) is 7.68. The fraction of sp³-hybridized carbons (Fsp3) is 0.471. The van der Waals surface area contributed by atoms with E-state index in [0.717, 1.165) is 16.7 Å². The number of benzene rings is 1. The van der Waals surface area contributed by atoms with Gasteiger partial charge in [0, 0.05) is 19.8 Å². The number of nitrogens with zero attached hydrogens (tertiary/aromatic N) is 4. The van der Waals surface area contributed by atoms with E-state index in [2.05, 4.69) is 43.1 Å². The molecular weight excluding hydrogens is 308 g/mol. The van der Waals surface area contributed by atoms with Gasteiger partial charge in [-0.15, -0.1) is 10.2 Å². The van der Waals surface area contributed by atoms with Gasteiger partial charge in [-0.05, 0) is 37.5 Å². The van der Waals surface area contributed by atoms with Gasteiger partial charge >= 0.3 is 0 Å². The summed E-state index contributed by atoms with van der Waals surface area (Å²) in [5.74, 6) is 1.12. The zero-order chi connectivity index (χ0) is 17.1. The summed E-state index contributed by atoms with van der Waals surface area (Å²) < 4.78 is 2.01. The molecule has 6 heteroatoms. The molecule has 0 aliphatic carbocycles. The standard InChI is InChI=1S/C17H24N4OS/c1-11(2)15(16(22)20(5)6)23-17-19-18-13(4)21(17)14-9-7-8-12(3)10-14/h7-11,15H,1-6H3. The van der Waals surface area contributed by atoms with Crippen molar-refractivity contribution in [3.8, 4) is 5.69 Å². The van der Waals surface area contributed by atoms with E-state index in [1.54, 1.807) is 19.0 Å². The van der Waals surface area contributed by atoms with Gasteiger partial charge in [0.15, 0.2) is 5.16 Å². The summed E-state index contributed by atoms with van der Waals surface area (Å²) in [6, 6.07) is 8.20. The fourth-order valence-corrected chi connectivity index (χ4v) is 3.57. The van der Waals surface area contributed by atoms with E-state index < -0.39 is 0 Å². The topological polar surface area (TPSA) is 51.0 Å².